The second-order valence-corrected chi connectivity index (χ2v) is 8.34. The topological polar surface area (TPSA) is 54.9 Å². The predicted molar refractivity (Wildman–Crippen MR) is 115 cm³/mol. The summed E-state index contributed by atoms with van der Waals surface area (Å²) in [6, 6.07) is 7.44. The zero-order valence-corrected chi connectivity index (χ0v) is 17.2. The van der Waals surface area contributed by atoms with Gasteiger partial charge in [0.05, 0.1) is 16.4 Å². The molecule has 1 aliphatic rings. The molecule has 5 rings (SSSR count). The first-order valence-electron chi connectivity index (χ1n) is 9.85. The third-order valence-electron chi connectivity index (χ3n) is 5.79. The summed E-state index contributed by atoms with van der Waals surface area (Å²) in [6.07, 6.45) is 8.01. The van der Waals surface area contributed by atoms with Gasteiger partial charge in [0, 0.05) is 30.2 Å². The molecule has 4 aromatic rings. The molecule has 0 spiro atoms. The smallest absolute Gasteiger partial charge is 0.258 e. The third-order valence-corrected chi connectivity index (χ3v) is 6.07. The number of aryl methyl sites for hydroxylation is 1. The minimum atomic E-state index is -0.0854. The third kappa shape index (κ3) is 3.32. The largest absolute Gasteiger partial charge is 0.306 e. The fourth-order valence-electron chi connectivity index (χ4n) is 4.17. The van der Waals surface area contributed by atoms with Gasteiger partial charge in [0.15, 0.2) is 5.65 Å². The van der Waals surface area contributed by atoms with Crippen LogP contribution in [0.2, 0.25) is 5.02 Å². The van der Waals surface area contributed by atoms with E-state index in [0.717, 1.165) is 37.2 Å². The van der Waals surface area contributed by atoms with Crippen LogP contribution >= 0.6 is 11.6 Å². The summed E-state index contributed by atoms with van der Waals surface area (Å²) in [6.45, 7) is 4.10. The van der Waals surface area contributed by atoms with Gasteiger partial charge >= 0.3 is 0 Å². The van der Waals surface area contributed by atoms with Crippen LogP contribution in [0, 0.1) is 6.92 Å². The molecule has 0 aliphatic carbocycles. The summed E-state index contributed by atoms with van der Waals surface area (Å²) in [7, 11) is 2.15. The van der Waals surface area contributed by atoms with Crippen molar-refractivity contribution in [3.8, 4) is 11.3 Å². The molecule has 0 saturated carbocycles. The highest BCUT2D eigenvalue weighted by atomic mass is 35.5. The minimum Gasteiger partial charge on any atom is -0.306 e. The summed E-state index contributed by atoms with van der Waals surface area (Å²) >= 11 is 6.40. The van der Waals surface area contributed by atoms with E-state index < -0.39 is 0 Å². The highest BCUT2D eigenvalue weighted by molar-refractivity contribution is 6.33. The molecular weight excluding hydrogens is 386 g/mol. The van der Waals surface area contributed by atoms with E-state index in [0.29, 0.717) is 27.9 Å². The Labute approximate surface area is 173 Å². The van der Waals surface area contributed by atoms with Crippen LogP contribution in [0.15, 0.2) is 47.7 Å². The monoisotopic (exact) mass is 407 g/mol. The number of piperidine rings is 1. The fraction of sp³-hybridized carbons (Fsp3) is 0.318. The van der Waals surface area contributed by atoms with Crippen LogP contribution < -0.4 is 5.56 Å². The van der Waals surface area contributed by atoms with Gasteiger partial charge in [-0.15, -0.1) is 0 Å². The van der Waals surface area contributed by atoms with Crippen molar-refractivity contribution in [2.45, 2.75) is 25.7 Å². The number of imidazole rings is 1. The lowest BCUT2D eigenvalue weighted by Crippen LogP contribution is -2.29. The van der Waals surface area contributed by atoms with Crippen molar-refractivity contribution >= 4 is 22.9 Å². The van der Waals surface area contributed by atoms with Gasteiger partial charge in [0.25, 0.3) is 5.56 Å². The van der Waals surface area contributed by atoms with Gasteiger partial charge in [-0.1, -0.05) is 17.7 Å². The Kier molecular flexibility index (Phi) is 4.41. The molecule has 1 saturated heterocycles. The number of rotatable bonds is 2. The van der Waals surface area contributed by atoms with Gasteiger partial charge < -0.3 is 9.30 Å². The maximum Gasteiger partial charge on any atom is 0.258 e. The molecule has 0 aromatic carbocycles. The molecule has 7 heteroatoms. The van der Waals surface area contributed by atoms with Crippen molar-refractivity contribution in [2.24, 2.45) is 0 Å². The molecule has 0 amide bonds. The molecule has 0 atom stereocenters. The number of hydrogen-bond donors (Lipinski definition) is 0. The number of hydrogen-bond acceptors (Lipinski definition) is 4. The maximum atomic E-state index is 12.9. The minimum absolute atomic E-state index is 0.0854. The lowest BCUT2D eigenvalue weighted by molar-refractivity contribution is 0.255. The Morgan fingerprint density at radius 2 is 1.86 bits per heavy atom. The second kappa shape index (κ2) is 6.97. The van der Waals surface area contributed by atoms with Crippen molar-refractivity contribution in [3.05, 3.63) is 69.5 Å². The van der Waals surface area contributed by atoms with Crippen LogP contribution in [0.25, 0.3) is 22.6 Å². The van der Waals surface area contributed by atoms with Crippen LogP contribution in [-0.4, -0.2) is 43.8 Å². The Morgan fingerprint density at radius 1 is 1.07 bits per heavy atom. The zero-order chi connectivity index (χ0) is 20.1. The first-order chi connectivity index (χ1) is 14.0. The Hall–Kier alpha value is -2.70. The van der Waals surface area contributed by atoms with E-state index in [9.17, 15) is 4.79 Å². The quantitative estimate of drug-likeness (QED) is 0.507. The van der Waals surface area contributed by atoms with E-state index in [2.05, 4.69) is 23.0 Å². The Balaban J connectivity index is 1.57. The summed E-state index contributed by atoms with van der Waals surface area (Å²) in [5, 5.41) is 0.537. The summed E-state index contributed by atoms with van der Waals surface area (Å²) < 4.78 is 3.53. The van der Waals surface area contributed by atoms with Crippen molar-refractivity contribution in [1.82, 2.24) is 23.7 Å². The second-order valence-electron chi connectivity index (χ2n) is 7.94. The first kappa shape index (κ1) is 18.3. The molecule has 5 heterocycles. The van der Waals surface area contributed by atoms with Crippen molar-refractivity contribution in [2.75, 3.05) is 20.1 Å². The van der Waals surface area contributed by atoms with Gasteiger partial charge in [-0.05, 0) is 63.5 Å². The van der Waals surface area contributed by atoms with E-state index in [1.807, 2.05) is 42.0 Å². The highest BCUT2D eigenvalue weighted by Gasteiger charge is 2.19. The van der Waals surface area contributed by atoms with Crippen LogP contribution in [0.4, 0.5) is 0 Å². The standard InChI is InChI=1S/C22H22ClN5O/c1-14-11-27-12-17(9-18(23)22(27)24-14)19-10-21(29)28-13-16(3-4-20(28)25-19)15-5-7-26(2)8-6-15/h3-4,9-13,15H,5-8H2,1-2H3. The van der Waals surface area contributed by atoms with Gasteiger partial charge in [-0.3, -0.25) is 9.20 Å². The van der Waals surface area contributed by atoms with E-state index in [1.54, 1.807) is 10.5 Å². The molecule has 1 aliphatic heterocycles. The maximum absolute atomic E-state index is 12.9. The number of nitrogens with zero attached hydrogens (tertiary/aromatic N) is 5. The normalized spacial score (nSPS) is 16.1. The zero-order valence-electron chi connectivity index (χ0n) is 16.5. The van der Waals surface area contributed by atoms with Gasteiger partial charge in [0.2, 0.25) is 0 Å². The average molecular weight is 408 g/mol. The van der Waals surface area contributed by atoms with Crippen LogP contribution in [0.1, 0.15) is 30.0 Å². The van der Waals surface area contributed by atoms with Gasteiger partial charge in [-0.2, -0.15) is 0 Å². The average Bonchev–Trinajstić information content (AvgIpc) is 3.09. The van der Waals surface area contributed by atoms with Gasteiger partial charge in [-0.25, -0.2) is 9.97 Å². The molecule has 29 heavy (non-hydrogen) atoms. The molecule has 6 nitrogen and oxygen atoms in total. The SMILES string of the molecule is Cc1cn2cc(-c3cc(=O)n4cc(C5CCN(C)CC5)ccc4n3)cc(Cl)c2n1. The molecule has 4 aromatic heterocycles. The van der Waals surface area contributed by atoms with E-state index >= 15 is 0 Å². The Bertz CT molecular complexity index is 1280. The fourth-order valence-corrected chi connectivity index (χ4v) is 4.43. The lowest BCUT2D eigenvalue weighted by Gasteiger charge is -2.29. The van der Waals surface area contributed by atoms with Crippen molar-refractivity contribution < 1.29 is 0 Å². The number of pyridine rings is 2. The number of likely N-dealkylation sites (tertiary alicyclic amines) is 1. The highest BCUT2D eigenvalue weighted by Crippen LogP contribution is 2.28. The molecule has 0 radical (unpaired) electrons. The predicted octanol–water partition coefficient (Wildman–Crippen LogP) is 3.78. The summed E-state index contributed by atoms with van der Waals surface area (Å²) in [5.41, 5.74) is 4.75. The van der Waals surface area contributed by atoms with Crippen molar-refractivity contribution in [3.63, 3.8) is 0 Å². The first-order valence-corrected chi connectivity index (χ1v) is 10.2. The molecule has 0 unspecified atom stereocenters. The van der Waals surface area contributed by atoms with Crippen LogP contribution in [0.5, 0.6) is 0 Å². The number of fused-ring (bicyclic) bond motifs is 2. The summed E-state index contributed by atoms with van der Waals surface area (Å²) in [5.74, 6) is 0.493. The molecule has 1 fully saturated rings. The lowest BCUT2D eigenvalue weighted by atomic mass is 9.91. The number of aromatic nitrogens is 4. The van der Waals surface area contributed by atoms with E-state index in [4.69, 9.17) is 16.6 Å². The van der Waals surface area contributed by atoms with Gasteiger partial charge in [0.1, 0.15) is 5.65 Å². The molecule has 0 bridgehead atoms. The van der Waals surface area contributed by atoms with E-state index in [1.165, 1.54) is 5.56 Å². The molecule has 148 valence electrons. The van der Waals surface area contributed by atoms with Crippen LogP contribution in [-0.2, 0) is 0 Å². The Morgan fingerprint density at radius 3 is 2.66 bits per heavy atom. The molecular formula is C22H22ClN5O. The summed E-state index contributed by atoms with van der Waals surface area (Å²) in [4.78, 5) is 24.4. The number of halogens is 1. The molecule has 0 N–H and O–H groups in total. The van der Waals surface area contributed by atoms with Crippen molar-refractivity contribution in [1.29, 1.82) is 0 Å². The van der Waals surface area contributed by atoms with Crippen LogP contribution in [0.3, 0.4) is 0 Å². The van der Waals surface area contributed by atoms with E-state index in [-0.39, 0.29) is 5.56 Å².